The van der Waals surface area contributed by atoms with Crippen molar-refractivity contribution in [2.45, 2.75) is 17.4 Å². The summed E-state index contributed by atoms with van der Waals surface area (Å²) in [6, 6.07) is 2.52. The number of sulfonamides is 1. The second-order valence-electron chi connectivity index (χ2n) is 4.17. The highest BCUT2D eigenvalue weighted by Gasteiger charge is 2.19. The van der Waals surface area contributed by atoms with Gasteiger partial charge in [0.1, 0.15) is 5.75 Å². The fourth-order valence-electron chi connectivity index (χ4n) is 1.50. The molecular formula is C11H16N4O5S. The van der Waals surface area contributed by atoms with E-state index >= 15 is 0 Å². The van der Waals surface area contributed by atoms with Crippen molar-refractivity contribution in [1.82, 2.24) is 0 Å². The van der Waals surface area contributed by atoms with Gasteiger partial charge in [0, 0.05) is 0 Å². The molecule has 0 aliphatic carbocycles. The van der Waals surface area contributed by atoms with Crippen molar-refractivity contribution in [3.05, 3.63) is 18.2 Å². The number of carbonyl (C=O) groups is 2. The quantitative estimate of drug-likeness (QED) is 0.497. The van der Waals surface area contributed by atoms with Crippen LogP contribution in [0, 0.1) is 0 Å². The first-order chi connectivity index (χ1) is 9.65. The minimum absolute atomic E-state index is 0.0638. The summed E-state index contributed by atoms with van der Waals surface area (Å²) < 4.78 is 27.6. The van der Waals surface area contributed by atoms with Crippen LogP contribution in [0.5, 0.6) is 5.75 Å². The van der Waals surface area contributed by atoms with Crippen molar-refractivity contribution in [2.24, 2.45) is 16.6 Å². The molecule has 116 valence electrons. The topological polar surface area (TPSA) is 168 Å². The predicted octanol–water partition coefficient (Wildman–Crippen LogP) is -1.52. The van der Waals surface area contributed by atoms with Gasteiger partial charge in [-0.1, -0.05) is 0 Å². The number of nitrogens with two attached hydrogens (primary N) is 3. The molecule has 1 rings (SSSR count). The zero-order valence-electron chi connectivity index (χ0n) is 11.2. The number of primary amides is 1. The van der Waals surface area contributed by atoms with E-state index in [0.29, 0.717) is 0 Å². The second kappa shape index (κ2) is 6.52. The molecule has 2 amide bonds. The van der Waals surface area contributed by atoms with E-state index in [-0.39, 0.29) is 22.8 Å². The Labute approximate surface area is 121 Å². The van der Waals surface area contributed by atoms with Crippen LogP contribution in [0.4, 0.5) is 5.69 Å². The van der Waals surface area contributed by atoms with Gasteiger partial charge >= 0.3 is 0 Å². The molecule has 1 atom stereocenters. The predicted molar refractivity (Wildman–Crippen MR) is 74.8 cm³/mol. The number of ether oxygens (including phenoxy) is 1. The number of hydrogen-bond acceptors (Lipinski definition) is 6. The number of primary sulfonamides is 1. The third-order valence-electron chi connectivity index (χ3n) is 2.52. The zero-order valence-corrected chi connectivity index (χ0v) is 12.0. The van der Waals surface area contributed by atoms with Gasteiger partial charge in [-0.3, -0.25) is 9.59 Å². The molecule has 0 aliphatic heterocycles. The zero-order chi connectivity index (χ0) is 16.2. The summed E-state index contributed by atoms with van der Waals surface area (Å²) in [5, 5.41) is 7.37. The van der Waals surface area contributed by atoms with Gasteiger partial charge in [0.2, 0.25) is 21.8 Å². The molecule has 10 heteroatoms. The number of benzene rings is 1. The molecule has 1 aromatic carbocycles. The third-order valence-corrected chi connectivity index (χ3v) is 3.43. The van der Waals surface area contributed by atoms with Gasteiger partial charge in [0.15, 0.2) is 0 Å². The average Bonchev–Trinajstić information content (AvgIpc) is 2.36. The van der Waals surface area contributed by atoms with E-state index in [1.807, 2.05) is 0 Å². The van der Waals surface area contributed by atoms with Crippen LogP contribution in [0.3, 0.4) is 0 Å². The molecule has 9 nitrogen and oxygen atoms in total. The van der Waals surface area contributed by atoms with E-state index in [4.69, 9.17) is 21.3 Å². The van der Waals surface area contributed by atoms with Crippen molar-refractivity contribution in [3.8, 4) is 5.75 Å². The van der Waals surface area contributed by atoms with E-state index in [1.54, 1.807) is 0 Å². The van der Waals surface area contributed by atoms with Gasteiger partial charge < -0.3 is 21.5 Å². The van der Waals surface area contributed by atoms with Crippen molar-refractivity contribution >= 4 is 27.5 Å². The highest BCUT2D eigenvalue weighted by atomic mass is 32.2. The Morgan fingerprint density at radius 2 is 2.00 bits per heavy atom. The number of methoxy groups -OCH3 is 1. The highest BCUT2D eigenvalue weighted by molar-refractivity contribution is 7.89. The molecule has 21 heavy (non-hydrogen) atoms. The largest absolute Gasteiger partial charge is 0.495 e. The number of carbonyl (C=O) groups excluding carboxylic acids is 2. The maximum Gasteiger partial charge on any atom is 0.241 e. The fraction of sp³-hybridized carbons (Fsp3) is 0.273. The number of rotatable bonds is 6. The molecule has 0 fully saturated rings. The Morgan fingerprint density at radius 3 is 2.48 bits per heavy atom. The second-order valence-corrected chi connectivity index (χ2v) is 5.73. The first-order valence-corrected chi connectivity index (χ1v) is 7.25. The summed E-state index contributed by atoms with van der Waals surface area (Å²) in [5.74, 6) is -1.23. The van der Waals surface area contributed by atoms with Gasteiger partial charge in [-0.05, 0) is 18.2 Å². The van der Waals surface area contributed by atoms with E-state index in [2.05, 4.69) is 5.32 Å². The summed E-state index contributed by atoms with van der Waals surface area (Å²) in [6.45, 7) is 0. The first-order valence-electron chi connectivity index (χ1n) is 5.70. The molecule has 1 unspecified atom stereocenters. The van der Waals surface area contributed by atoms with E-state index in [0.717, 1.165) is 6.07 Å². The standard InChI is InChI=1S/C11H16N4O5S/c1-20-9-3-2-6(21(14,18)19)4-8(9)15-11(17)7(12)5-10(13)16/h2-4,7H,5,12H2,1H3,(H2,13,16)(H,15,17)(H2,14,18,19). The summed E-state index contributed by atoms with van der Waals surface area (Å²) in [5.41, 5.74) is 10.5. The van der Waals surface area contributed by atoms with Gasteiger partial charge in [-0.2, -0.15) is 0 Å². The Balaban J connectivity index is 3.06. The van der Waals surface area contributed by atoms with Crippen LogP contribution in [0.25, 0.3) is 0 Å². The number of anilines is 1. The van der Waals surface area contributed by atoms with Crippen LogP contribution in [-0.4, -0.2) is 33.4 Å². The van der Waals surface area contributed by atoms with Crippen LogP contribution in [0.1, 0.15) is 6.42 Å². The van der Waals surface area contributed by atoms with E-state index in [9.17, 15) is 18.0 Å². The smallest absolute Gasteiger partial charge is 0.241 e. The van der Waals surface area contributed by atoms with Crippen LogP contribution in [0.2, 0.25) is 0 Å². The average molecular weight is 316 g/mol. The normalized spacial score (nSPS) is 12.5. The molecule has 0 saturated carbocycles. The maximum atomic E-state index is 11.8. The summed E-state index contributed by atoms with van der Waals surface area (Å²) in [6.07, 6.45) is -0.344. The molecule has 0 saturated heterocycles. The van der Waals surface area contributed by atoms with Crippen molar-refractivity contribution in [3.63, 3.8) is 0 Å². The lowest BCUT2D eigenvalue weighted by atomic mass is 10.2. The minimum Gasteiger partial charge on any atom is -0.495 e. The summed E-state index contributed by atoms with van der Waals surface area (Å²) >= 11 is 0. The Hall–Kier alpha value is -2.17. The molecule has 0 spiro atoms. The molecule has 0 aliphatic rings. The fourth-order valence-corrected chi connectivity index (χ4v) is 2.04. The Bertz CT molecular complexity index is 659. The van der Waals surface area contributed by atoms with Gasteiger partial charge in [0.05, 0.1) is 30.2 Å². The van der Waals surface area contributed by atoms with Crippen LogP contribution in [-0.2, 0) is 19.6 Å². The monoisotopic (exact) mass is 316 g/mol. The molecule has 0 heterocycles. The highest BCUT2D eigenvalue weighted by Crippen LogP contribution is 2.27. The molecule has 1 aromatic rings. The molecule has 0 radical (unpaired) electrons. The van der Waals surface area contributed by atoms with E-state index < -0.39 is 27.9 Å². The SMILES string of the molecule is COc1ccc(S(N)(=O)=O)cc1NC(=O)C(N)CC(N)=O. The van der Waals surface area contributed by atoms with Gasteiger partial charge in [-0.15, -0.1) is 0 Å². The van der Waals surface area contributed by atoms with Crippen molar-refractivity contribution < 1.29 is 22.7 Å². The molecule has 7 N–H and O–H groups in total. The number of hydrogen-bond donors (Lipinski definition) is 4. The van der Waals surface area contributed by atoms with Crippen LogP contribution in [0.15, 0.2) is 23.1 Å². The molecular weight excluding hydrogens is 300 g/mol. The maximum absolute atomic E-state index is 11.8. The summed E-state index contributed by atoms with van der Waals surface area (Å²) in [4.78, 5) is 22.3. The lowest BCUT2D eigenvalue weighted by Crippen LogP contribution is -2.39. The van der Waals surface area contributed by atoms with Crippen LogP contribution >= 0.6 is 0 Å². The van der Waals surface area contributed by atoms with Gasteiger partial charge in [0.25, 0.3) is 0 Å². The van der Waals surface area contributed by atoms with Crippen molar-refractivity contribution in [1.29, 1.82) is 0 Å². The Morgan fingerprint density at radius 1 is 1.38 bits per heavy atom. The lowest BCUT2D eigenvalue weighted by Gasteiger charge is -2.14. The number of nitrogens with one attached hydrogen (secondary N) is 1. The molecule has 0 aromatic heterocycles. The van der Waals surface area contributed by atoms with Gasteiger partial charge in [-0.25, -0.2) is 13.6 Å². The van der Waals surface area contributed by atoms with Crippen LogP contribution < -0.4 is 26.7 Å². The van der Waals surface area contributed by atoms with Crippen molar-refractivity contribution in [2.75, 3.05) is 12.4 Å². The first kappa shape index (κ1) is 16.9. The Kier molecular flexibility index (Phi) is 5.24. The summed E-state index contributed by atoms with van der Waals surface area (Å²) in [7, 11) is -2.60. The molecule has 0 bridgehead atoms. The third kappa shape index (κ3) is 4.70. The number of amides is 2. The lowest BCUT2D eigenvalue weighted by molar-refractivity contribution is -0.123. The van der Waals surface area contributed by atoms with E-state index in [1.165, 1.54) is 19.2 Å². The minimum atomic E-state index is -3.94.